The van der Waals surface area contributed by atoms with Crippen molar-refractivity contribution in [3.63, 3.8) is 0 Å². The lowest BCUT2D eigenvalue weighted by atomic mass is 9.96. The Morgan fingerprint density at radius 2 is 1.73 bits per heavy atom. The molecule has 0 bridgehead atoms. The van der Waals surface area contributed by atoms with Crippen LogP contribution in [0.5, 0.6) is 0 Å². The first-order valence-electron chi connectivity index (χ1n) is 8.29. The summed E-state index contributed by atoms with van der Waals surface area (Å²) in [7, 11) is 1.37. The van der Waals surface area contributed by atoms with Crippen molar-refractivity contribution in [1.29, 1.82) is 5.53 Å². The van der Waals surface area contributed by atoms with E-state index in [9.17, 15) is 4.79 Å². The monoisotopic (exact) mass is 304 g/mol. The van der Waals surface area contributed by atoms with E-state index < -0.39 is 5.97 Å². The lowest BCUT2D eigenvalue weighted by molar-refractivity contribution is 0.0601. The molecule has 0 fully saturated rings. The van der Waals surface area contributed by atoms with Crippen LogP contribution in [0, 0.1) is 5.53 Å². The van der Waals surface area contributed by atoms with Crippen molar-refractivity contribution in [2.75, 3.05) is 7.11 Å². The van der Waals surface area contributed by atoms with Crippen LogP contribution in [-0.2, 0) is 17.6 Å². The number of hydrogen-bond acceptors (Lipinski definition) is 4. The Morgan fingerprint density at radius 1 is 1.09 bits per heavy atom. The molecular weight excluding hydrogens is 276 g/mol. The SMILES string of the molecule is CCCCCc1cc(CCCCC)c(N=N)c(C(=O)OC)c1. The number of ether oxygens (including phenoxy) is 1. The maximum absolute atomic E-state index is 12.0. The molecule has 1 aromatic carbocycles. The third kappa shape index (κ3) is 5.24. The van der Waals surface area contributed by atoms with E-state index in [1.807, 2.05) is 6.07 Å². The van der Waals surface area contributed by atoms with Gasteiger partial charge in [-0.25, -0.2) is 10.3 Å². The van der Waals surface area contributed by atoms with Crippen LogP contribution in [0.3, 0.4) is 0 Å². The summed E-state index contributed by atoms with van der Waals surface area (Å²) in [4.78, 5) is 12.0. The highest BCUT2D eigenvalue weighted by Gasteiger charge is 2.17. The number of hydrogen-bond donors (Lipinski definition) is 1. The number of rotatable bonds is 10. The molecule has 0 radical (unpaired) electrons. The number of nitrogens with one attached hydrogen (secondary N) is 1. The maximum Gasteiger partial charge on any atom is 0.340 e. The zero-order valence-corrected chi connectivity index (χ0v) is 14.1. The molecule has 1 rings (SSSR count). The van der Waals surface area contributed by atoms with E-state index in [4.69, 9.17) is 10.3 Å². The van der Waals surface area contributed by atoms with Gasteiger partial charge in [0.25, 0.3) is 0 Å². The van der Waals surface area contributed by atoms with Gasteiger partial charge in [-0.15, -0.1) is 0 Å². The van der Waals surface area contributed by atoms with Crippen molar-refractivity contribution in [1.82, 2.24) is 0 Å². The number of esters is 1. The van der Waals surface area contributed by atoms with E-state index >= 15 is 0 Å². The van der Waals surface area contributed by atoms with E-state index in [0.717, 1.165) is 49.7 Å². The smallest absolute Gasteiger partial charge is 0.340 e. The fraction of sp³-hybridized carbons (Fsp3) is 0.611. The van der Waals surface area contributed by atoms with Crippen LogP contribution in [0.4, 0.5) is 5.69 Å². The van der Waals surface area contributed by atoms with Crippen molar-refractivity contribution < 1.29 is 9.53 Å². The molecule has 0 saturated carbocycles. The number of carbonyl (C=O) groups is 1. The molecule has 22 heavy (non-hydrogen) atoms. The van der Waals surface area contributed by atoms with E-state index in [0.29, 0.717) is 11.3 Å². The Kier molecular flexibility index (Phi) is 8.41. The van der Waals surface area contributed by atoms with Crippen LogP contribution >= 0.6 is 0 Å². The molecule has 0 unspecified atom stereocenters. The van der Waals surface area contributed by atoms with Gasteiger partial charge in [0.2, 0.25) is 0 Å². The van der Waals surface area contributed by atoms with Crippen molar-refractivity contribution >= 4 is 11.7 Å². The van der Waals surface area contributed by atoms with Gasteiger partial charge in [-0.2, -0.15) is 5.11 Å². The van der Waals surface area contributed by atoms with Gasteiger partial charge >= 0.3 is 5.97 Å². The molecule has 4 nitrogen and oxygen atoms in total. The standard InChI is InChI=1S/C18H28N2O2/c1-4-6-8-10-14-12-15(11-9-7-5-2)17(20-19)16(13-14)18(21)22-3/h12-13,19H,4-11H2,1-3H3. The van der Waals surface area contributed by atoms with Crippen LogP contribution in [-0.4, -0.2) is 13.1 Å². The van der Waals surface area contributed by atoms with Gasteiger partial charge in [-0.1, -0.05) is 45.6 Å². The van der Waals surface area contributed by atoms with E-state index in [2.05, 4.69) is 25.0 Å². The third-order valence-electron chi connectivity index (χ3n) is 3.88. The fourth-order valence-corrected chi connectivity index (χ4v) is 2.64. The number of aryl methyl sites for hydroxylation is 2. The number of carbonyl (C=O) groups excluding carboxylic acids is 1. The minimum atomic E-state index is -0.403. The molecule has 0 heterocycles. The van der Waals surface area contributed by atoms with Crippen LogP contribution in [0.25, 0.3) is 0 Å². The topological polar surface area (TPSA) is 62.5 Å². The summed E-state index contributed by atoms with van der Waals surface area (Å²) >= 11 is 0. The normalized spacial score (nSPS) is 10.5. The Balaban J connectivity index is 3.10. The van der Waals surface area contributed by atoms with Gasteiger partial charge < -0.3 is 4.74 Å². The lowest BCUT2D eigenvalue weighted by Crippen LogP contribution is -2.05. The van der Waals surface area contributed by atoms with Crippen LogP contribution < -0.4 is 0 Å². The van der Waals surface area contributed by atoms with Gasteiger partial charge in [0.1, 0.15) is 5.69 Å². The highest BCUT2D eigenvalue weighted by Crippen LogP contribution is 2.29. The Labute approximate surface area is 133 Å². The molecule has 0 aromatic heterocycles. The van der Waals surface area contributed by atoms with Crippen LogP contribution in [0.15, 0.2) is 17.2 Å². The van der Waals surface area contributed by atoms with Gasteiger partial charge in [0, 0.05) is 0 Å². The second-order valence-electron chi connectivity index (χ2n) is 5.67. The van der Waals surface area contributed by atoms with Crippen molar-refractivity contribution in [2.24, 2.45) is 5.11 Å². The van der Waals surface area contributed by atoms with Gasteiger partial charge in [-0.05, 0) is 42.9 Å². The molecule has 0 aliphatic rings. The number of unbranched alkanes of at least 4 members (excludes halogenated alkanes) is 4. The van der Waals surface area contributed by atoms with E-state index in [-0.39, 0.29) is 0 Å². The summed E-state index contributed by atoms with van der Waals surface area (Å²) in [6.45, 7) is 4.34. The van der Waals surface area contributed by atoms with Gasteiger partial charge in [0.15, 0.2) is 0 Å². The zero-order valence-electron chi connectivity index (χ0n) is 14.1. The second kappa shape index (κ2) is 10.1. The summed E-state index contributed by atoms with van der Waals surface area (Å²) in [6, 6.07) is 3.96. The first kappa shape index (κ1) is 18.3. The predicted molar refractivity (Wildman–Crippen MR) is 89.0 cm³/mol. The van der Waals surface area contributed by atoms with E-state index in [1.165, 1.54) is 20.0 Å². The largest absolute Gasteiger partial charge is 0.465 e. The highest BCUT2D eigenvalue weighted by atomic mass is 16.5. The minimum absolute atomic E-state index is 0.403. The summed E-state index contributed by atoms with van der Waals surface area (Å²) in [6.07, 6.45) is 8.63. The van der Waals surface area contributed by atoms with Gasteiger partial charge in [0.05, 0.1) is 12.7 Å². The average Bonchev–Trinajstić information content (AvgIpc) is 2.54. The molecule has 0 saturated heterocycles. The fourth-order valence-electron chi connectivity index (χ4n) is 2.64. The third-order valence-corrected chi connectivity index (χ3v) is 3.88. The van der Waals surface area contributed by atoms with Crippen molar-refractivity contribution in [3.05, 3.63) is 28.8 Å². The minimum Gasteiger partial charge on any atom is -0.465 e. The molecule has 0 atom stereocenters. The molecule has 0 aliphatic carbocycles. The first-order valence-corrected chi connectivity index (χ1v) is 8.29. The summed E-state index contributed by atoms with van der Waals surface area (Å²) in [5.74, 6) is -0.403. The second-order valence-corrected chi connectivity index (χ2v) is 5.67. The molecule has 0 amide bonds. The Bertz CT molecular complexity index is 498. The maximum atomic E-state index is 12.0. The van der Waals surface area contributed by atoms with Crippen molar-refractivity contribution in [2.45, 2.75) is 65.2 Å². The lowest BCUT2D eigenvalue weighted by Gasteiger charge is -2.12. The Morgan fingerprint density at radius 3 is 2.27 bits per heavy atom. The first-order chi connectivity index (χ1) is 10.7. The predicted octanol–water partition coefficient (Wildman–Crippen LogP) is 5.60. The molecule has 122 valence electrons. The van der Waals surface area contributed by atoms with Gasteiger partial charge in [-0.3, -0.25) is 0 Å². The Hall–Kier alpha value is -1.71. The molecule has 4 heteroatoms. The summed E-state index contributed by atoms with van der Waals surface area (Å²) in [5, 5.41) is 3.60. The summed E-state index contributed by atoms with van der Waals surface area (Å²) in [5.41, 5.74) is 10.5. The number of benzene rings is 1. The van der Waals surface area contributed by atoms with Crippen LogP contribution in [0.1, 0.15) is 73.9 Å². The van der Waals surface area contributed by atoms with Crippen LogP contribution in [0.2, 0.25) is 0 Å². The van der Waals surface area contributed by atoms with E-state index in [1.54, 1.807) is 0 Å². The molecule has 1 aromatic rings. The summed E-state index contributed by atoms with van der Waals surface area (Å²) < 4.78 is 4.86. The average molecular weight is 304 g/mol. The molecule has 0 aliphatic heterocycles. The van der Waals surface area contributed by atoms with Crippen molar-refractivity contribution in [3.8, 4) is 0 Å². The quantitative estimate of drug-likeness (QED) is 0.347. The number of methoxy groups -OCH3 is 1. The highest BCUT2D eigenvalue weighted by molar-refractivity contribution is 5.95. The molecular formula is C18H28N2O2. The molecule has 0 spiro atoms. The molecule has 1 N–H and O–H groups in total. The number of nitrogens with zero attached hydrogens (tertiary/aromatic N) is 1. The zero-order chi connectivity index (χ0) is 16.4.